The van der Waals surface area contributed by atoms with Gasteiger partial charge in [-0.3, -0.25) is 4.90 Å². The first-order valence-corrected chi connectivity index (χ1v) is 8.54. The number of nitrogens with zero attached hydrogens (tertiary/aromatic N) is 1. The summed E-state index contributed by atoms with van der Waals surface area (Å²) in [7, 11) is 2.20. The number of likely N-dealkylation sites (N-methyl/N-ethyl adjacent to an activating group) is 1. The zero-order valence-corrected chi connectivity index (χ0v) is 13.3. The highest BCUT2D eigenvalue weighted by molar-refractivity contribution is 7.16. The molecule has 1 unspecified atom stereocenters. The van der Waals surface area contributed by atoms with Crippen molar-refractivity contribution >= 4 is 22.9 Å². The molecule has 1 aliphatic carbocycles. The fourth-order valence-electron chi connectivity index (χ4n) is 3.23. The van der Waals surface area contributed by atoms with Gasteiger partial charge in [0.2, 0.25) is 0 Å². The Kier molecular flexibility index (Phi) is 6.14. The van der Waals surface area contributed by atoms with E-state index in [1.165, 1.54) is 43.4 Å². The molecule has 1 aromatic heterocycles. The number of hydrogen-bond acceptors (Lipinski definition) is 3. The summed E-state index contributed by atoms with van der Waals surface area (Å²) in [5.74, 6) is 0.771. The highest BCUT2D eigenvalue weighted by Crippen LogP contribution is 2.29. The van der Waals surface area contributed by atoms with Crippen LogP contribution < -0.4 is 5.73 Å². The van der Waals surface area contributed by atoms with Gasteiger partial charge < -0.3 is 5.73 Å². The predicted molar refractivity (Wildman–Crippen MR) is 84.8 cm³/mol. The summed E-state index contributed by atoms with van der Waals surface area (Å²) in [5.41, 5.74) is 6.05. The molecule has 1 heterocycles. The van der Waals surface area contributed by atoms with Crippen molar-refractivity contribution in [2.75, 3.05) is 13.6 Å². The van der Waals surface area contributed by atoms with Crippen LogP contribution in [0.15, 0.2) is 12.1 Å². The van der Waals surface area contributed by atoms with Gasteiger partial charge >= 0.3 is 0 Å². The van der Waals surface area contributed by atoms with Crippen molar-refractivity contribution in [3.63, 3.8) is 0 Å². The molecular weight excluding hydrogens is 276 g/mol. The highest BCUT2D eigenvalue weighted by atomic mass is 35.5. The van der Waals surface area contributed by atoms with E-state index in [-0.39, 0.29) is 0 Å². The molecule has 0 spiro atoms. The summed E-state index contributed by atoms with van der Waals surface area (Å²) in [6.45, 7) is 1.73. The molecule has 1 atom stereocenters. The molecule has 2 rings (SSSR count). The quantitative estimate of drug-likeness (QED) is 0.828. The van der Waals surface area contributed by atoms with Crippen LogP contribution in [0.5, 0.6) is 0 Å². The van der Waals surface area contributed by atoms with Crippen LogP contribution in [-0.4, -0.2) is 24.5 Å². The normalized spacial score (nSPS) is 19.6. The van der Waals surface area contributed by atoms with Gasteiger partial charge in [-0.25, -0.2) is 0 Å². The van der Waals surface area contributed by atoms with Crippen molar-refractivity contribution in [3.8, 4) is 0 Å². The first kappa shape index (κ1) is 15.3. The molecule has 4 heteroatoms. The van der Waals surface area contributed by atoms with Crippen molar-refractivity contribution in [2.45, 2.75) is 51.1 Å². The summed E-state index contributed by atoms with van der Waals surface area (Å²) < 4.78 is 0.877. The standard InChI is InChI=1S/C15H25ClN2S/c1-18(11-13-8-9-15(16)19-13)14(10-17)12-6-4-2-3-5-7-12/h8-9,12,14H,2-7,10-11,17H2,1H3. The van der Waals surface area contributed by atoms with Crippen LogP contribution in [0.25, 0.3) is 0 Å². The number of hydrogen-bond donors (Lipinski definition) is 1. The molecule has 1 aliphatic rings. The molecule has 0 saturated heterocycles. The van der Waals surface area contributed by atoms with Crippen molar-refractivity contribution < 1.29 is 0 Å². The lowest BCUT2D eigenvalue weighted by Crippen LogP contribution is -2.42. The van der Waals surface area contributed by atoms with E-state index in [2.05, 4.69) is 18.0 Å². The highest BCUT2D eigenvalue weighted by Gasteiger charge is 2.25. The molecule has 0 bridgehead atoms. The van der Waals surface area contributed by atoms with E-state index >= 15 is 0 Å². The monoisotopic (exact) mass is 300 g/mol. The fourth-order valence-corrected chi connectivity index (χ4v) is 4.38. The summed E-state index contributed by atoms with van der Waals surface area (Å²) in [5, 5.41) is 0. The Morgan fingerprint density at radius 2 is 2.00 bits per heavy atom. The predicted octanol–water partition coefficient (Wildman–Crippen LogP) is 4.13. The SMILES string of the molecule is CN(Cc1ccc(Cl)s1)C(CN)C1CCCCCC1. The van der Waals surface area contributed by atoms with Gasteiger partial charge in [0.15, 0.2) is 0 Å². The molecule has 1 fully saturated rings. The number of nitrogens with two attached hydrogens (primary N) is 1. The van der Waals surface area contributed by atoms with Gasteiger partial charge in [0.05, 0.1) is 4.34 Å². The molecular formula is C15H25ClN2S. The van der Waals surface area contributed by atoms with Crippen LogP contribution in [0, 0.1) is 5.92 Å². The first-order valence-electron chi connectivity index (χ1n) is 7.35. The van der Waals surface area contributed by atoms with Gasteiger partial charge in [-0.2, -0.15) is 0 Å². The second kappa shape index (κ2) is 7.63. The maximum Gasteiger partial charge on any atom is 0.0931 e. The van der Waals surface area contributed by atoms with E-state index in [1.807, 2.05) is 6.07 Å². The Morgan fingerprint density at radius 3 is 2.53 bits per heavy atom. The summed E-state index contributed by atoms with van der Waals surface area (Å²) in [4.78, 5) is 3.76. The Morgan fingerprint density at radius 1 is 1.32 bits per heavy atom. The van der Waals surface area contributed by atoms with Crippen molar-refractivity contribution in [3.05, 3.63) is 21.3 Å². The van der Waals surface area contributed by atoms with Gasteiger partial charge in [-0.05, 0) is 37.9 Å². The van der Waals surface area contributed by atoms with Gasteiger partial charge in [0.25, 0.3) is 0 Å². The lowest BCUT2D eigenvalue weighted by Gasteiger charge is -2.33. The van der Waals surface area contributed by atoms with Crippen LogP contribution in [0.2, 0.25) is 4.34 Å². The largest absolute Gasteiger partial charge is 0.329 e. The van der Waals surface area contributed by atoms with Crippen LogP contribution >= 0.6 is 22.9 Å². The van der Waals surface area contributed by atoms with Crippen LogP contribution in [0.4, 0.5) is 0 Å². The molecule has 1 saturated carbocycles. The molecule has 0 aromatic carbocycles. The molecule has 0 radical (unpaired) electrons. The van der Waals surface area contributed by atoms with Gasteiger partial charge in [0, 0.05) is 24.0 Å². The second-order valence-electron chi connectivity index (χ2n) is 5.68. The first-order chi connectivity index (χ1) is 9.20. The van der Waals surface area contributed by atoms with E-state index in [1.54, 1.807) is 11.3 Å². The van der Waals surface area contributed by atoms with E-state index in [0.29, 0.717) is 6.04 Å². The molecule has 1 aromatic rings. The van der Waals surface area contributed by atoms with Crippen LogP contribution in [-0.2, 0) is 6.54 Å². The lowest BCUT2D eigenvalue weighted by molar-refractivity contribution is 0.161. The lowest BCUT2D eigenvalue weighted by atomic mass is 9.91. The molecule has 0 amide bonds. The van der Waals surface area contributed by atoms with Crippen molar-refractivity contribution in [2.24, 2.45) is 11.7 Å². The Balaban J connectivity index is 1.95. The van der Waals surface area contributed by atoms with Gasteiger partial charge in [0.1, 0.15) is 0 Å². The maximum absolute atomic E-state index is 6.05. The third-order valence-electron chi connectivity index (χ3n) is 4.29. The summed E-state index contributed by atoms with van der Waals surface area (Å²) in [6, 6.07) is 4.63. The molecule has 0 aliphatic heterocycles. The summed E-state index contributed by atoms with van der Waals surface area (Å²) >= 11 is 7.68. The van der Waals surface area contributed by atoms with Gasteiger partial charge in [-0.15, -0.1) is 11.3 Å². The maximum atomic E-state index is 6.05. The molecule has 2 N–H and O–H groups in total. The van der Waals surface area contributed by atoms with Crippen LogP contribution in [0.3, 0.4) is 0 Å². The van der Waals surface area contributed by atoms with E-state index in [0.717, 1.165) is 23.3 Å². The third kappa shape index (κ3) is 4.45. The average Bonchev–Trinajstić information content (AvgIpc) is 2.65. The number of thiophene rings is 1. The smallest absolute Gasteiger partial charge is 0.0931 e. The Labute approximate surface area is 125 Å². The number of rotatable bonds is 5. The molecule has 2 nitrogen and oxygen atoms in total. The zero-order valence-electron chi connectivity index (χ0n) is 11.8. The van der Waals surface area contributed by atoms with Gasteiger partial charge in [-0.1, -0.05) is 37.3 Å². The average molecular weight is 301 g/mol. The Hall–Kier alpha value is -0.0900. The zero-order chi connectivity index (χ0) is 13.7. The molecule has 19 heavy (non-hydrogen) atoms. The van der Waals surface area contributed by atoms with Crippen molar-refractivity contribution in [1.82, 2.24) is 4.90 Å². The third-order valence-corrected chi connectivity index (χ3v) is 5.50. The fraction of sp³-hybridized carbons (Fsp3) is 0.733. The summed E-state index contributed by atoms with van der Waals surface area (Å²) in [6.07, 6.45) is 8.24. The minimum atomic E-state index is 0.513. The van der Waals surface area contributed by atoms with E-state index in [9.17, 15) is 0 Å². The van der Waals surface area contributed by atoms with E-state index in [4.69, 9.17) is 17.3 Å². The molecule has 108 valence electrons. The van der Waals surface area contributed by atoms with Crippen molar-refractivity contribution in [1.29, 1.82) is 0 Å². The minimum Gasteiger partial charge on any atom is -0.329 e. The number of halogens is 1. The second-order valence-corrected chi connectivity index (χ2v) is 7.48. The minimum absolute atomic E-state index is 0.513. The van der Waals surface area contributed by atoms with Crippen LogP contribution in [0.1, 0.15) is 43.4 Å². The topological polar surface area (TPSA) is 29.3 Å². The Bertz CT molecular complexity index is 372. The van der Waals surface area contributed by atoms with E-state index < -0.39 is 0 Å².